The molecule has 0 fully saturated rings. The fourth-order valence-corrected chi connectivity index (χ4v) is 0.905. The summed E-state index contributed by atoms with van der Waals surface area (Å²) in [6.07, 6.45) is 0.597. The van der Waals surface area contributed by atoms with Crippen molar-refractivity contribution in [3.05, 3.63) is 0 Å². The van der Waals surface area contributed by atoms with Crippen LogP contribution in [0.2, 0.25) is 0 Å². The molecule has 0 aromatic rings. The highest BCUT2D eigenvalue weighted by Crippen LogP contribution is 1.90. The largest absolute Gasteiger partial charge is 0.394 e. The molecule has 0 rings (SSSR count). The molecule has 0 aliphatic heterocycles. The van der Waals surface area contributed by atoms with Gasteiger partial charge in [0.05, 0.1) is 12.6 Å². The molecule has 0 radical (unpaired) electrons. The van der Waals surface area contributed by atoms with Crippen molar-refractivity contribution in [1.82, 2.24) is 10.6 Å². The second kappa shape index (κ2) is 7.23. The Morgan fingerprint density at radius 2 is 1.87 bits per heavy atom. The highest BCUT2D eigenvalue weighted by atomic mass is 16.3. The first-order chi connectivity index (χ1) is 7.01. The Morgan fingerprint density at radius 1 is 1.27 bits per heavy atom. The van der Waals surface area contributed by atoms with Gasteiger partial charge in [-0.25, -0.2) is 0 Å². The molecular formula is C10H20N2O3. The van der Waals surface area contributed by atoms with E-state index in [0.717, 1.165) is 0 Å². The second-order valence-electron chi connectivity index (χ2n) is 3.87. The van der Waals surface area contributed by atoms with Crippen LogP contribution in [0.1, 0.15) is 27.2 Å². The Kier molecular flexibility index (Phi) is 6.70. The standard InChI is InChI=1S/C10H20N2O3/c1-4-8(6-13)12-10(15)9(14)11-5-7(2)3/h7-8,13H,4-6H2,1-3H3,(H,11,14)(H,12,15)/t8-/m0/s1. The zero-order valence-corrected chi connectivity index (χ0v) is 9.54. The normalized spacial score (nSPS) is 12.3. The van der Waals surface area contributed by atoms with Gasteiger partial charge in [0.2, 0.25) is 0 Å². The van der Waals surface area contributed by atoms with Crippen molar-refractivity contribution in [3.8, 4) is 0 Å². The Labute approximate surface area is 90.2 Å². The molecule has 15 heavy (non-hydrogen) atoms. The zero-order chi connectivity index (χ0) is 11.8. The van der Waals surface area contributed by atoms with Crippen LogP contribution in [0.4, 0.5) is 0 Å². The molecule has 3 N–H and O–H groups in total. The maximum absolute atomic E-state index is 11.2. The summed E-state index contributed by atoms with van der Waals surface area (Å²) < 4.78 is 0. The summed E-state index contributed by atoms with van der Waals surface area (Å²) in [5, 5.41) is 13.8. The zero-order valence-electron chi connectivity index (χ0n) is 9.54. The Morgan fingerprint density at radius 3 is 2.27 bits per heavy atom. The van der Waals surface area contributed by atoms with Gasteiger partial charge in [-0.3, -0.25) is 9.59 Å². The van der Waals surface area contributed by atoms with Crippen LogP contribution >= 0.6 is 0 Å². The van der Waals surface area contributed by atoms with E-state index in [1.165, 1.54) is 0 Å². The van der Waals surface area contributed by atoms with Gasteiger partial charge in [0.25, 0.3) is 0 Å². The first kappa shape index (κ1) is 13.9. The fourth-order valence-electron chi connectivity index (χ4n) is 0.905. The average Bonchev–Trinajstić information content (AvgIpc) is 2.21. The molecule has 0 aliphatic rings. The number of amides is 2. The van der Waals surface area contributed by atoms with Crippen LogP contribution in [0.5, 0.6) is 0 Å². The first-order valence-electron chi connectivity index (χ1n) is 5.20. The predicted molar refractivity (Wildman–Crippen MR) is 57.2 cm³/mol. The van der Waals surface area contributed by atoms with Crippen LogP contribution in [-0.2, 0) is 9.59 Å². The number of nitrogens with one attached hydrogen (secondary N) is 2. The smallest absolute Gasteiger partial charge is 0.309 e. The van der Waals surface area contributed by atoms with E-state index in [-0.39, 0.29) is 12.6 Å². The van der Waals surface area contributed by atoms with Crippen LogP contribution in [0.3, 0.4) is 0 Å². The number of aliphatic hydroxyl groups is 1. The topological polar surface area (TPSA) is 78.4 Å². The van der Waals surface area contributed by atoms with E-state index in [4.69, 9.17) is 5.11 Å². The predicted octanol–water partition coefficient (Wildman–Crippen LogP) is -0.354. The average molecular weight is 216 g/mol. The quantitative estimate of drug-likeness (QED) is 0.549. The van der Waals surface area contributed by atoms with Gasteiger partial charge in [0.1, 0.15) is 0 Å². The van der Waals surface area contributed by atoms with Crippen LogP contribution in [0, 0.1) is 5.92 Å². The van der Waals surface area contributed by atoms with Crippen molar-refractivity contribution in [2.24, 2.45) is 5.92 Å². The summed E-state index contributed by atoms with van der Waals surface area (Å²) in [6, 6.07) is -0.345. The summed E-state index contributed by atoms with van der Waals surface area (Å²) in [6.45, 7) is 6.04. The lowest BCUT2D eigenvalue weighted by Crippen LogP contribution is -2.46. The molecule has 0 saturated heterocycles. The third-order valence-corrected chi connectivity index (χ3v) is 1.93. The van der Waals surface area contributed by atoms with Gasteiger partial charge >= 0.3 is 11.8 Å². The lowest BCUT2D eigenvalue weighted by Gasteiger charge is -2.14. The molecule has 5 nitrogen and oxygen atoms in total. The van der Waals surface area contributed by atoms with E-state index >= 15 is 0 Å². The van der Waals surface area contributed by atoms with Crippen molar-refractivity contribution in [1.29, 1.82) is 0 Å². The van der Waals surface area contributed by atoms with Gasteiger partial charge in [-0.1, -0.05) is 20.8 Å². The number of hydrogen-bond acceptors (Lipinski definition) is 3. The Bertz CT molecular complexity index is 213. The van der Waals surface area contributed by atoms with Gasteiger partial charge < -0.3 is 15.7 Å². The molecule has 1 atom stereocenters. The third kappa shape index (κ3) is 6.06. The molecule has 0 aromatic carbocycles. The maximum atomic E-state index is 11.2. The lowest BCUT2D eigenvalue weighted by atomic mass is 10.2. The molecule has 2 amide bonds. The molecule has 5 heteroatoms. The van der Waals surface area contributed by atoms with E-state index in [0.29, 0.717) is 18.9 Å². The molecular weight excluding hydrogens is 196 g/mol. The molecule has 0 unspecified atom stereocenters. The third-order valence-electron chi connectivity index (χ3n) is 1.93. The number of carbonyl (C=O) groups excluding carboxylic acids is 2. The van der Waals surface area contributed by atoms with E-state index in [9.17, 15) is 9.59 Å². The SMILES string of the molecule is CC[C@@H](CO)NC(=O)C(=O)NCC(C)C. The monoisotopic (exact) mass is 216 g/mol. The summed E-state index contributed by atoms with van der Waals surface area (Å²) >= 11 is 0. The van der Waals surface area contributed by atoms with Crippen molar-refractivity contribution >= 4 is 11.8 Å². The Hall–Kier alpha value is -1.10. The fraction of sp³-hybridized carbons (Fsp3) is 0.800. The van der Waals surface area contributed by atoms with Crippen LogP contribution < -0.4 is 10.6 Å². The summed E-state index contributed by atoms with van der Waals surface area (Å²) in [5.41, 5.74) is 0. The summed E-state index contributed by atoms with van der Waals surface area (Å²) in [5.74, 6) is -1.02. The van der Waals surface area contributed by atoms with E-state index in [2.05, 4.69) is 10.6 Å². The molecule has 0 spiro atoms. The van der Waals surface area contributed by atoms with E-state index < -0.39 is 11.8 Å². The van der Waals surface area contributed by atoms with Gasteiger partial charge in [-0.15, -0.1) is 0 Å². The highest BCUT2D eigenvalue weighted by Gasteiger charge is 2.16. The molecule has 0 aliphatic carbocycles. The molecule has 0 heterocycles. The van der Waals surface area contributed by atoms with Crippen molar-refractivity contribution in [3.63, 3.8) is 0 Å². The van der Waals surface area contributed by atoms with Gasteiger partial charge in [0, 0.05) is 6.54 Å². The minimum atomic E-state index is -0.684. The number of rotatable bonds is 5. The lowest BCUT2D eigenvalue weighted by molar-refractivity contribution is -0.139. The van der Waals surface area contributed by atoms with Gasteiger partial charge in [-0.05, 0) is 12.3 Å². The molecule has 88 valence electrons. The summed E-state index contributed by atoms with van der Waals surface area (Å²) in [7, 11) is 0. The van der Waals surface area contributed by atoms with Crippen LogP contribution in [-0.4, -0.2) is 36.1 Å². The van der Waals surface area contributed by atoms with Gasteiger partial charge in [-0.2, -0.15) is 0 Å². The highest BCUT2D eigenvalue weighted by molar-refractivity contribution is 6.35. The van der Waals surface area contributed by atoms with Crippen molar-refractivity contribution in [2.45, 2.75) is 33.2 Å². The number of hydrogen-bond donors (Lipinski definition) is 3. The first-order valence-corrected chi connectivity index (χ1v) is 5.20. The number of aliphatic hydroxyl groups excluding tert-OH is 1. The maximum Gasteiger partial charge on any atom is 0.309 e. The van der Waals surface area contributed by atoms with E-state index in [1.54, 1.807) is 0 Å². The Balaban J connectivity index is 3.93. The molecule has 0 saturated carbocycles. The minimum absolute atomic E-state index is 0.153. The van der Waals surface area contributed by atoms with Crippen LogP contribution in [0.25, 0.3) is 0 Å². The van der Waals surface area contributed by atoms with Crippen LogP contribution in [0.15, 0.2) is 0 Å². The van der Waals surface area contributed by atoms with Crippen molar-refractivity contribution < 1.29 is 14.7 Å². The molecule has 0 aromatic heterocycles. The summed E-state index contributed by atoms with van der Waals surface area (Å²) in [4.78, 5) is 22.5. The second-order valence-corrected chi connectivity index (χ2v) is 3.87. The van der Waals surface area contributed by atoms with Crippen molar-refractivity contribution in [2.75, 3.05) is 13.2 Å². The van der Waals surface area contributed by atoms with Gasteiger partial charge in [0.15, 0.2) is 0 Å². The van der Waals surface area contributed by atoms with E-state index in [1.807, 2.05) is 20.8 Å². The minimum Gasteiger partial charge on any atom is -0.394 e. The molecule has 0 bridgehead atoms. The number of carbonyl (C=O) groups is 2.